The summed E-state index contributed by atoms with van der Waals surface area (Å²) in [5, 5.41) is 4.00. The molecular formula is C17H18ClN3O3. The second-order valence-electron chi connectivity index (χ2n) is 5.94. The maximum absolute atomic E-state index is 12.8. The Morgan fingerprint density at radius 3 is 2.71 bits per heavy atom. The lowest BCUT2D eigenvalue weighted by molar-refractivity contribution is -0.127. The zero-order chi connectivity index (χ0) is 17.3. The minimum atomic E-state index is -1.09. The first-order chi connectivity index (χ1) is 11.4. The number of nitrogens with zero attached hydrogens (tertiary/aromatic N) is 1. The number of fused-ring (bicyclic) bond motifs is 1. The molecule has 6 nitrogen and oxygen atoms in total. The topological polar surface area (TPSA) is 94.3 Å². The molecule has 1 aliphatic heterocycles. The van der Waals surface area contributed by atoms with E-state index in [0.29, 0.717) is 53.2 Å². The smallest absolute Gasteiger partial charge is 0.254 e. The normalized spacial score (nSPS) is 16.8. The van der Waals surface area contributed by atoms with Gasteiger partial charge in [0.1, 0.15) is 5.54 Å². The molecule has 0 bridgehead atoms. The fourth-order valence-electron chi connectivity index (χ4n) is 2.92. The molecule has 1 fully saturated rings. The summed E-state index contributed by atoms with van der Waals surface area (Å²) in [6, 6.07) is 7.08. The van der Waals surface area contributed by atoms with Crippen molar-refractivity contribution in [2.24, 2.45) is 5.73 Å². The quantitative estimate of drug-likeness (QED) is 0.887. The third-order valence-corrected chi connectivity index (χ3v) is 4.74. The van der Waals surface area contributed by atoms with Crippen LogP contribution in [0.2, 0.25) is 5.02 Å². The van der Waals surface area contributed by atoms with E-state index in [4.69, 9.17) is 22.1 Å². The van der Waals surface area contributed by atoms with Crippen LogP contribution in [0, 0.1) is 6.92 Å². The average molecular weight is 348 g/mol. The van der Waals surface area contributed by atoms with Crippen molar-refractivity contribution in [3.05, 3.63) is 40.5 Å². The minimum Gasteiger partial charge on any atom is -0.381 e. The Morgan fingerprint density at radius 2 is 2.04 bits per heavy atom. The van der Waals surface area contributed by atoms with Crippen molar-refractivity contribution in [1.29, 1.82) is 0 Å². The monoisotopic (exact) mass is 347 g/mol. The second kappa shape index (κ2) is 6.37. The largest absolute Gasteiger partial charge is 0.381 e. The summed E-state index contributed by atoms with van der Waals surface area (Å²) in [6.45, 7) is 2.50. The van der Waals surface area contributed by atoms with Crippen LogP contribution in [0.4, 0.5) is 0 Å². The molecule has 3 rings (SSSR count). The maximum atomic E-state index is 12.8. The molecule has 24 heavy (non-hydrogen) atoms. The van der Waals surface area contributed by atoms with Crippen LogP contribution < -0.4 is 11.1 Å². The number of nitrogens with one attached hydrogen (secondary N) is 1. The molecule has 2 amide bonds. The Labute approximate surface area is 144 Å². The van der Waals surface area contributed by atoms with Crippen LogP contribution in [0.25, 0.3) is 10.9 Å². The van der Waals surface area contributed by atoms with Gasteiger partial charge < -0.3 is 15.8 Å². The molecule has 2 heterocycles. The first-order valence-corrected chi connectivity index (χ1v) is 8.07. The summed E-state index contributed by atoms with van der Waals surface area (Å²) in [6.07, 6.45) is 0.712. The zero-order valence-electron chi connectivity index (χ0n) is 13.3. The molecule has 0 spiro atoms. The second-order valence-corrected chi connectivity index (χ2v) is 6.35. The number of aromatic nitrogens is 1. The number of amides is 2. The van der Waals surface area contributed by atoms with Gasteiger partial charge in [-0.2, -0.15) is 0 Å². The van der Waals surface area contributed by atoms with Gasteiger partial charge in [0.25, 0.3) is 5.91 Å². The number of pyridine rings is 1. The molecule has 1 saturated heterocycles. The van der Waals surface area contributed by atoms with E-state index >= 15 is 0 Å². The van der Waals surface area contributed by atoms with E-state index in [1.54, 1.807) is 25.1 Å². The number of primary amides is 1. The number of carbonyl (C=O) groups excluding carboxylic acids is 2. The summed E-state index contributed by atoms with van der Waals surface area (Å²) in [5.74, 6) is -0.939. The minimum absolute atomic E-state index is 0.356. The van der Waals surface area contributed by atoms with E-state index in [0.717, 1.165) is 0 Å². The summed E-state index contributed by atoms with van der Waals surface area (Å²) < 4.78 is 5.27. The highest BCUT2D eigenvalue weighted by atomic mass is 35.5. The van der Waals surface area contributed by atoms with Crippen LogP contribution in [0.15, 0.2) is 24.3 Å². The summed E-state index contributed by atoms with van der Waals surface area (Å²) in [5.41, 5.74) is 6.11. The molecule has 126 valence electrons. The van der Waals surface area contributed by atoms with Crippen LogP contribution in [0.3, 0.4) is 0 Å². The lowest BCUT2D eigenvalue weighted by Crippen LogP contribution is -2.60. The Kier molecular flexibility index (Phi) is 4.43. The summed E-state index contributed by atoms with van der Waals surface area (Å²) in [4.78, 5) is 29.1. The first kappa shape index (κ1) is 16.7. The van der Waals surface area contributed by atoms with Gasteiger partial charge in [0, 0.05) is 36.5 Å². The van der Waals surface area contributed by atoms with Gasteiger partial charge in [-0.25, -0.2) is 0 Å². The standard InChI is InChI=1S/C17H18ClN3O3/c1-10-11(9-12-13(18)3-2-4-14(12)20-10)15(22)21-17(16(19)23)5-7-24-8-6-17/h2-4,9H,5-8H2,1H3,(H2,19,23)(H,21,22). The van der Waals surface area contributed by atoms with Crippen LogP contribution in [-0.4, -0.2) is 35.6 Å². The van der Waals surface area contributed by atoms with Crippen molar-refractivity contribution in [2.75, 3.05) is 13.2 Å². The molecule has 7 heteroatoms. The van der Waals surface area contributed by atoms with Crippen molar-refractivity contribution < 1.29 is 14.3 Å². The van der Waals surface area contributed by atoms with Crippen molar-refractivity contribution >= 4 is 34.3 Å². The highest BCUT2D eigenvalue weighted by molar-refractivity contribution is 6.35. The number of ether oxygens (including phenoxy) is 1. The molecule has 0 saturated carbocycles. The molecule has 0 atom stereocenters. The molecule has 0 unspecified atom stereocenters. The van der Waals surface area contributed by atoms with E-state index < -0.39 is 11.4 Å². The number of halogens is 1. The molecule has 1 aliphatic rings. The summed E-state index contributed by atoms with van der Waals surface area (Å²) in [7, 11) is 0. The zero-order valence-corrected chi connectivity index (χ0v) is 14.0. The lowest BCUT2D eigenvalue weighted by Gasteiger charge is -2.35. The molecule has 0 aliphatic carbocycles. The Hall–Kier alpha value is -2.18. The van der Waals surface area contributed by atoms with Gasteiger partial charge in [-0.05, 0) is 25.1 Å². The van der Waals surface area contributed by atoms with Crippen LogP contribution in [0.1, 0.15) is 28.9 Å². The Balaban J connectivity index is 1.97. The molecule has 0 radical (unpaired) electrons. The van der Waals surface area contributed by atoms with E-state index in [-0.39, 0.29) is 5.91 Å². The van der Waals surface area contributed by atoms with Gasteiger partial charge in [0.2, 0.25) is 5.91 Å². The maximum Gasteiger partial charge on any atom is 0.254 e. The number of benzene rings is 1. The number of nitrogens with two attached hydrogens (primary N) is 1. The average Bonchev–Trinajstić information content (AvgIpc) is 2.55. The third-order valence-electron chi connectivity index (χ3n) is 4.41. The molecule has 1 aromatic carbocycles. The van der Waals surface area contributed by atoms with Crippen molar-refractivity contribution in [3.63, 3.8) is 0 Å². The molecular weight excluding hydrogens is 330 g/mol. The summed E-state index contributed by atoms with van der Waals surface area (Å²) >= 11 is 6.19. The van der Waals surface area contributed by atoms with Crippen molar-refractivity contribution in [2.45, 2.75) is 25.3 Å². The highest BCUT2D eigenvalue weighted by Crippen LogP contribution is 2.26. The van der Waals surface area contributed by atoms with Gasteiger partial charge >= 0.3 is 0 Å². The van der Waals surface area contributed by atoms with Crippen LogP contribution in [0.5, 0.6) is 0 Å². The number of hydrogen-bond acceptors (Lipinski definition) is 4. The van der Waals surface area contributed by atoms with E-state index in [9.17, 15) is 9.59 Å². The molecule has 2 aromatic rings. The fraction of sp³-hybridized carbons (Fsp3) is 0.353. The molecule has 1 aromatic heterocycles. The highest BCUT2D eigenvalue weighted by Gasteiger charge is 2.40. The van der Waals surface area contributed by atoms with Crippen LogP contribution in [-0.2, 0) is 9.53 Å². The van der Waals surface area contributed by atoms with Gasteiger partial charge in [-0.1, -0.05) is 17.7 Å². The molecule has 3 N–H and O–H groups in total. The lowest BCUT2D eigenvalue weighted by atomic mass is 9.88. The van der Waals surface area contributed by atoms with E-state index in [1.807, 2.05) is 6.07 Å². The van der Waals surface area contributed by atoms with Gasteiger partial charge in [0.05, 0.1) is 16.8 Å². The van der Waals surface area contributed by atoms with Gasteiger partial charge in [-0.3, -0.25) is 14.6 Å². The van der Waals surface area contributed by atoms with Crippen molar-refractivity contribution in [3.8, 4) is 0 Å². The Bertz CT molecular complexity index is 816. The number of carbonyl (C=O) groups is 2. The van der Waals surface area contributed by atoms with E-state index in [2.05, 4.69) is 10.3 Å². The number of aryl methyl sites for hydroxylation is 1. The third kappa shape index (κ3) is 2.95. The first-order valence-electron chi connectivity index (χ1n) is 7.69. The van der Waals surface area contributed by atoms with Crippen molar-refractivity contribution in [1.82, 2.24) is 10.3 Å². The fourth-order valence-corrected chi connectivity index (χ4v) is 3.15. The predicted octanol–water partition coefficient (Wildman–Crippen LogP) is 1.96. The SMILES string of the molecule is Cc1nc2cccc(Cl)c2cc1C(=O)NC1(C(N)=O)CCOCC1. The number of hydrogen-bond donors (Lipinski definition) is 2. The van der Waals surface area contributed by atoms with Gasteiger partial charge in [-0.15, -0.1) is 0 Å². The Morgan fingerprint density at radius 1 is 1.33 bits per heavy atom. The van der Waals surface area contributed by atoms with Gasteiger partial charge in [0.15, 0.2) is 0 Å². The number of rotatable bonds is 3. The van der Waals surface area contributed by atoms with E-state index in [1.165, 1.54) is 0 Å². The van der Waals surface area contributed by atoms with Crippen LogP contribution >= 0.6 is 11.6 Å². The predicted molar refractivity (Wildman–Crippen MR) is 90.9 cm³/mol.